The highest BCUT2D eigenvalue weighted by Crippen LogP contribution is 2.37. The van der Waals surface area contributed by atoms with Gasteiger partial charge in [-0.2, -0.15) is 0 Å². The summed E-state index contributed by atoms with van der Waals surface area (Å²) >= 11 is 0. The van der Waals surface area contributed by atoms with Gasteiger partial charge in [-0.15, -0.1) is 0 Å². The van der Waals surface area contributed by atoms with Crippen LogP contribution in [0.5, 0.6) is 0 Å². The van der Waals surface area contributed by atoms with Crippen LogP contribution in [-0.4, -0.2) is 24.9 Å². The Kier molecular flexibility index (Phi) is 9.45. The molecule has 0 N–H and O–H groups in total. The molecule has 62 heavy (non-hydrogen) atoms. The van der Waals surface area contributed by atoms with E-state index < -0.39 is 0 Å². The van der Waals surface area contributed by atoms with Crippen molar-refractivity contribution in [3.05, 3.63) is 224 Å². The number of rotatable bonds is 8. The summed E-state index contributed by atoms with van der Waals surface area (Å²) < 4.78 is 0. The monoisotopic (exact) mass is 791 g/mol. The molecule has 0 amide bonds. The lowest BCUT2D eigenvalue weighted by Crippen LogP contribution is -2.00. The standard InChI is InChI=1S/C57H37N5/c1-5-14-38(15-6-1)39-26-30-46(31-27-39)56-60-55(45-20-11-4-12-21-45)61-57(62-56)48-23-13-22-47(36-48)40-24-28-41(29-25-40)50-37-52(43-18-9-3-10-19-43)59-54-49(50)34-32-44-33-35-51(58-53(44)54)42-16-7-2-8-17-42/h1-37H. The zero-order chi connectivity index (χ0) is 41.2. The molecule has 0 saturated heterocycles. The minimum Gasteiger partial charge on any atom is -0.245 e. The second-order valence-corrected chi connectivity index (χ2v) is 15.3. The molecule has 0 unspecified atom stereocenters. The highest BCUT2D eigenvalue weighted by molar-refractivity contribution is 6.09. The maximum absolute atomic E-state index is 5.29. The third-order valence-corrected chi connectivity index (χ3v) is 11.3. The van der Waals surface area contributed by atoms with Gasteiger partial charge in [0.1, 0.15) is 0 Å². The van der Waals surface area contributed by atoms with Gasteiger partial charge in [0, 0.05) is 38.6 Å². The lowest BCUT2D eigenvalue weighted by molar-refractivity contribution is 1.07. The van der Waals surface area contributed by atoms with Crippen molar-refractivity contribution in [1.82, 2.24) is 24.9 Å². The van der Waals surface area contributed by atoms with Crippen molar-refractivity contribution < 1.29 is 0 Å². The normalized spacial score (nSPS) is 11.2. The van der Waals surface area contributed by atoms with Crippen molar-refractivity contribution in [2.45, 2.75) is 0 Å². The van der Waals surface area contributed by atoms with Crippen LogP contribution in [0.2, 0.25) is 0 Å². The molecule has 290 valence electrons. The Hall–Kier alpha value is -8.41. The summed E-state index contributed by atoms with van der Waals surface area (Å²) in [5, 5.41) is 2.11. The first kappa shape index (κ1) is 36.7. The predicted molar refractivity (Wildman–Crippen MR) is 254 cm³/mol. The molecule has 0 fully saturated rings. The van der Waals surface area contributed by atoms with E-state index in [4.69, 9.17) is 24.9 Å². The molecule has 11 rings (SSSR count). The summed E-state index contributed by atoms with van der Waals surface area (Å²) in [4.78, 5) is 25.6. The lowest BCUT2D eigenvalue weighted by Gasteiger charge is -2.14. The Morgan fingerprint density at radius 2 is 0.645 bits per heavy atom. The van der Waals surface area contributed by atoms with E-state index in [1.807, 2.05) is 60.7 Å². The highest BCUT2D eigenvalue weighted by Gasteiger charge is 2.16. The van der Waals surface area contributed by atoms with Crippen LogP contribution < -0.4 is 0 Å². The Labute approximate surface area is 359 Å². The van der Waals surface area contributed by atoms with Crippen LogP contribution in [0.1, 0.15) is 0 Å². The molecule has 0 radical (unpaired) electrons. The largest absolute Gasteiger partial charge is 0.245 e. The Bertz CT molecular complexity index is 3350. The fourth-order valence-corrected chi connectivity index (χ4v) is 8.11. The first-order chi connectivity index (χ1) is 30.7. The molecular formula is C57H37N5. The van der Waals surface area contributed by atoms with Crippen LogP contribution >= 0.6 is 0 Å². The number of hydrogen-bond donors (Lipinski definition) is 0. The molecule has 0 bridgehead atoms. The fraction of sp³-hybridized carbons (Fsp3) is 0. The quantitative estimate of drug-likeness (QED) is 0.143. The maximum Gasteiger partial charge on any atom is 0.164 e. The fourth-order valence-electron chi connectivity index (χ4n) is 8.11. The van der Waals surface area contributed by atoms with Gasteiger partial charge in [-0.05, 0) is 51.6 Å². The minimum absolute atomic E-state index is 0.618. The first-order valence-electron chi connectivity index (χ1n) is 20.7. The number of aromatic nitrogens is 5. The summed E-state index contributed by atoms with van der Waals surface area (Å²) in [5.41, 5.74) is 15.2. The smallest absolute Gasteiger partial charge is 0.164 e. The van der Waals surface area contributed by atoms with Crippen molar-refractivity contribution in [3.63, 3.8) is 0 Å². The third kappa shape index (κ3) is 7.18. The van der Waals surface area contributed by atoms with Gasteiger partial charge in [-0.25, -0.2) is 24.9 Å². The number of fused-ring (bicyclic) bond motifs is 3. The zero-order valence-electron chi connectivity index (χ0n) is 33.6. The van der Waals surface area contributed by atoms with Gasteiger partial charge >= 0.3 is 0 Å². The van der Waals surface area contributed by atoms with Gasteiger partial charge in [0.05, 0.1) is 22.4 Å². The molecular weight excluding hydrogens is 755 g/mol. The second-order valence-electron chi connectivity index (χ2n) is 15.3. The highest BCUT2D eigenvalue weighted by atomic mass is 15.0. The summed E-state index contributed by atoms with van der Waals surface area (Å²) in [5.74, 6) is 1.88. The average molecular weight is 792 g/mol. The zero-order valence-corrected chi connectivity index (χ0v) is 33.6. The summed E-state index contributed by atoms with van der Waals surface area (Å²) in [6.45, 7) is 0. The topological polar surface area (TPSA) is 64.5 Å². The second kappa shape index (κ2) is 16.0. The molecule has 5 nitrogen and oxygen atoms in total. The predicted octanol–water partition coefficient (Wildman–Crippen LogP) is 14.3. The minimum atomic E-state index is 0.618. The van der Waals surface area contributed by atoms with E-state index in [9.17, 15) is 0 Å². The van der Waals surface area contributed by atoms with Crippen molar-refractivity contribution >= 4 is 21.8 Å². The molecule has 8 aromatic carbocycles. The van der Waals surface area contributed by atoms with Gasteiger partial charge in [0.2, 0.25) is 0 Å². The first-order valence-corrected chi connectivity index (χ1v) is 20.7. The van der Waals surface area contributed by atoms with Crippen molar-refractivity contribution in [1.29, 1.82) is 0 Å². The molecule has 0 aliphatic carbocycles. The molecule has 0 atom stereocenters. The Morgan fingerprint density at radius 3 is 1.27 bits per heavy atom. The van der Waals surface area contributed by atoms with Crippen molar-refractivity contribution in [2.75, 3.05) is 0 Å². The van der Waals surface area contributed by atoms with Crippen LogP contribution in [0.15, 0.2) is 224 Å². The van der Waals surface area contributed by atoms with Crippen LogP contribution in [-0.2, 0) is 0 Å². The van der Waals surface area contributed by atoms with E-state index in [0.29, 0.717) is 17.5 Å². The number of benzene rings is 8. The van der Waals surface area contributed by atoms with Crippen LogP contribution in [0.25, 0.3) is 112 Å². The maximum atomic E-state index is 5.29. The van der Waals surface area contributed by atoms with E-state index >= 15 is 0 Å². The molecule has 11 aromatic rings. The van der Waals surface area contributed by atoms with E-state index in [0.717, 1.165) is 88.8 Å². The van der Waals surface area contributed by atoms with Gasteiger partial charge in [0.25, 0.3) is 0 Å². The van der Waals surface area contributed by atoms with E-state index in [2.05, 4.69) is 164 Å². The summed E-state index contributed by atoms with van der Waals surface area (Å²) in [7, 11) is 0. The lowest BCUT2D eigenvalue weighted by atomic mass is 9.95. The van der Waals surface area contributed by atoms with E-state index in [1.165, 1.54) is 5.56 Å². The van der Waals surface area contributed by atoms with E-state index in [-0.39, 0.29) is 0 Å². The summed E-state index contributed by atoms with van der Waals surface area (Å²) in [6, 6.07) is 77.6. The van der Waals surface area contributed by atoms with Crippen molar-refractivity contribution in [2.24, 2.45) is 0 Å². The molecule has 0 aliphatic rings. The number of hydrogen-bond acceptors (Lipinski definition) is 5. The molecule has 3 heterocycles. The molecule has 0 saturated carbocycles. The average Bonchev–Trinajstić information content (AvgIpc) is 3.37. The van der Waals surface area contributed by atoms with Crippen LogP contribution in [0, 0.1) is 0 Å². The third-order valence-electron chi connectivity index (χ3n) is 11.3. The Morgan fingerprint density at radius 1 is 0.226 bits per heavy atom. The van der Waals surface area contributed by atoms with E-state index in [1.54, 1.807) is 0 Å². The van der Waals surface area contributed by atoms with Gasteiger partial charge in [-0.1, -0.05) is 206 Å². The summed E-state index contributed by atoms with van der Waals surface area (Å²) in [6.07, 6.45) is 0. The van der Waals surface area contributed by atoms with Crippen molar-refractivity contribution in [3.8, 4) is 90.1 Å². The molecule has 5 heteroatoms. The Balaban J connectivity index is 0.977. The van der Waals surface area contributed by atoms with Gasteiger partial charge in [-0.3, -0.25) is 0 Å². The number of nitrogens with zero attached hydrogens (tertiary/aromatic N) is 5. The molecule has 0 spiro atoms. The van der Waals surface area contributed by atoms with Gasteiger partial charge < -0.3 is 0 Å². The number of pyridine rings is 2. The van der Waals surface area contributed by atoms with Crippen LogP contribution in [0.3, 0.4) is 0 Å². The van der Waals surface area contributed by atoms with Crippen LogP contribution in [0.4, 0.5) is 0 Å². The molecule has 0 aliphatic heterocycles. The SMILES string of the molecule is c1ccc(-c2ccc(-c3nc(-c4ccccc4)nc(-c4cccc(-c5ccc(-c6cc(-c7ccccc7)nc7c6ccc6ccc(-c8ccccc8)nc67)cc5)c4)n3)cc2)cc1. The van der Waals surface area contributed by atoms with Gasteiger partial charge in [0.15, 0.2) is 17.5 Å². The molecule has 3 aromatic heterocycles.